The summed E-state index contributed by atoms with van der Waals surface area (Å²) in [5, 5.41) is 5.42. The number of hydrogen-bond acceptors (Lipinski definition) is 4. The highest BCUT2D eigenvalue weighted by Crippen LogP contribution is 2.23. The van der Waals surface area contributed by atoms with E-state index >= 15 is 0 Å². The number of anilines is 2. The van der Waals surface area contributed by atoms with Gasteiger partial charge in [0, 0.05) is 22.5 Å². The van der Waals surface area contributed by atoms with Crippen LogP contribution in [-0.4, -0.2) is 45.5 Å². The molecule has 0 saturated heterocycles. The van der Waals surface area contributed by atoms with Crippen LogP contribution in [0.4, 0.5) is 20.2 Å². The van der Waals surface area contributed by atoms with Crippen LogP contribution in [0.15, 0.2) is 48.5 Å². The minimum atomic E-state index is -1.93. The SMILES string of the molecule is C[C@H](C(=O)NC1CCCCC1)N(C(=O)C[S@](=O)CC(=O)Nc1ccc(F)cc1)c1ccccc1F. The Morgan fingerprint density at radius 2 is 1.66 bits per heavy atom. The topological polar surface area (TPSA) is 95.6 Å². The van der Waals surface area contributed by atoms with Crippen LogP contribution >= 0.6 is 0 Å². The Morgan fingerprint density at radius 3 is 2.31 bits per heavy atom. The molecule has 2 aromatic rings. The molecule has 2 aromatic carbocycles. The van der Waals surface area contributed by atoms with Gasteiger partial charge in [0.05, 0.1) is 5.69 Å². The van der Waals surface area contributed by atoms with Crippen LogP contribution in [-0.2, 0) is 25.2 Å². The fourth-order valence-electron chi connectivity index (χ4n) is 4.03. The third-order valence-corrected chi connectivity index (χ3v) is 6.96. The summed E-state index contributed by atoms with van der Waals surface area (Å²) in [6.45, 7) is 1.49. The Labute approximate surface area is 205 Å². The molecule has 0 aliphatic heterocycles. The number of benzene rings is 2. The molecule has 2 N–H and O–H groups in total. The van der Waals surface area contributed by atoms with Gasteiger partial charge in [0.1, 0.15) is 29.2 Å². The minimum Gasteiger partial charge on any atom is -0.352 e. The third kappa shape index (κ3) is 7.68. The number of rotatable bonds is 9. The number of carbonyl (C=O) groups is 3. The predicted octanol–water partition coefficient (Wildman–Crippen LogP) is 3.52. The normalized spacial score (nSPS) is 15.6. The molecule has 0 heterocycles. The minimum absolute atomic E-state index is 0.000520. The van der Waals surface area contributed by atoms with Crippen molar-refractivity contribution in [2.45, 2.75) is 51.1 Å². The first-order valence-corrected chi connectivity index (χ1v) is 13.0. The monoisotopic (exact) mass is 505 g/mol. The first-order valence-electron chi connectivity index (χ1n) is 11.5. The number of nitrogens with one attached hydrogen (secondary N) is 2. The van der Waals surface area contributed by atoms with Crippen LogP contribution in [0.5, 0.6) is 0 Å². The molecule has 10 heteroatoms. The molecule has 0 bridgehead atoms. The molecule has 188 valence electrons. The van der Waals surface area contributed by atoms with Gasteiger partial charge in [0.15, 0.2) is 0 Å². The number of hydrogen-bond donors (Lipinski definition) is 2. The fourth-order valence-corrected chi connectivity index (χ4v) is 4.91. The summed E-state index contributed by atoms with van der Waals surface area (Å²) in [6, 6.07) is 9.55. The Morgan fingerprint density at radius 1 is 1.00 bits per heavy atom. The van der Waals surface area contributed by atoms with Crippen LogP contribution in [0, 0.1) is 11.6 Å². The number of para-hydroxylation sites is 1. The lowest BCUT2D eigenvalue weighted by Crippen LogP contribution is -2.52. The Hall–Kier alpha value is -3.14. The summed E-state index contributed by atoms with van der Waals surface area (Å²) in [4.78, 5) is 39.3. The quantitative estimate of drug-likeness (QED) is 0.545. The van der Waals surface area contributed by atoms with Crippen molar-refractivity contribution in [1.82, 2.24) is 5.32 Å². The Balaban J connectivity index is 1.68. The van der Waals surface area contributed by atoms with Crippen molar-refractivity contribution in [3.05, 3.63) is 60.2 Å². The van der Waals surface area contributed by atoms with Crippen LogP contribution in [0.1, 0.15) is 39.0 Å². The van der Waals surface area contributed by atoms with Gasteiger partial charge < -0.3 is 10.6 Å². The molecule has 7 nitrogen and oxygen atoms in total. The second kappa shape index (κ2) is 12.5. The summed E-state index contributed by atoms with van der Waals surface area (Å²) in [5.41, 5.74) is 0.220. The van der Waals surface area contributed by atoms with Gasteiger partial charge in [0.2, 0.25) is 17.7 Å². The molecule has 1 saturated carbocycles. The summed E-state index contributed by atoms with van der Waals surface area (Å²) < 4.78 is 40.2. The molecular formula is C25H29F2N3O4S. The second-order valence-corrected chi connectivity index (χ2v) is 9.98. The smallest absolute Gasteiger partial charge is 0.243 e. The summed E-state index contributed by atoms with van der Waals surface area (Å²) in [5.74, 6) is -4.01. The Bertz CT molecular complexity index is 1070. The van der Waals surface area contributed by atoms with Crippen LogP contribution < -0.4 is 15.5 Å². The van der Waals surface area contributed by atoms with E-state index in [1.807, 2.05) is 0 Å². The highest BCUT2D eigenvalue weighted by Gasteiger charge is 2.31. The molecule has 3 rings (SSSR count). The zero-order valence-corrected chi connectivity index (χ0v) is 20.3. The van der Waals surface area contributed by atoms with Crippen LogP contribution in [0.3, 0.4) is 0 Å². The summed E-state index contributed by atoms with van der Waals surface area (Å²) in [6.07, 6.45) is 4.82. The van der Waals surface area contributed by atoms with Crippen LogP contribution in [0.2, 0.25) is 0 Å². The first kappa shape index (κ1) is 26.5. The fraction of sp³-hybridized carbons (Fsp3) is 0.400. The van der Waals surface area contributed by atoms with E-state index in [-0.39, 0.29) is 11.7 Å². The molecule has 3 amide bonds. The number of carbonyl (C=O) groups excluding carboxylic acids is 3. The van der Waals surface area contributed by atoms with Crippen molar-refractivity contribution in [3.8, 4) is 0 Å². The maximum Gasteiger partial charge on any atom is 0.243 e. The van der Waals surface area contributed by atoms with Crippen molar-refractivity contribution in [1.29, 1.82) is 0 Å². The molecule has 0 aromatic heterocycles. The van der Waals surface area contributed by atoms with E-state index in [4.69, 9.17) is 0 Å². The van der Waals surface area contributed by atoms with Gasteiger partial charge in [-0.25, -0.2) is 8.78 Å². The van der Waals surface area contributed by atoms with Crippen molar-refractivity contribution < 1.29 is 27.4 Å². The summed E-state index contributed by atoms with van der Waals surface area (Å²) >= 11 is 0. The molecular weight excluding hydrogens is 476 g/mol. The highest BCUT2D eigenvalue weighted by atomic mass is 32.2. The maximum absolute atomic E-state index is 14.6. The maximum atomic E-state index is 14.6. The number of amides is 3. The van der Waals surface area contributed by atoms with E-state index in [0.29, 0.717) is 5.69 Å². The lowest BCUT2D eigenvalue weighted by atomic mass is 9.95. The van der Waals surface area contributed by atoms with Gasteiger partial charge in [-0.3, -0.25) is 23.5 Å². The molecule has 0 radical (unpaired) electrons. The second-order valence-electron chi connectivity index (χ2n) is 8.52. The summed E-state index contributed by atoms with van der Waals surface area (Å²) in [7, 11) is -1.93. The van der Waals surface area contributed by atoms with E-state index in [1.165, 1.54) is 55.5 Å². The van der Waals surface area contributed by atoms with Crippen LogP contribution in [0.25, 0.3) is 0 Å². The number of halogens is 2. The molecule has 1 aliphatic rings. The van der Waals surface area contributed by atoms with Gasteiger partial charge in [-0.1, -0.05) is 31.4 Å². The van der Waals surface area contributed by atoms with Crippen molar-refractivity contribution >= 4 is 39.9 Å². The lowest BCUT2D eigenvalue weighted by molar-refractivity contribution is -0.126. The van der Waals surface area contributed by atoms with E-state index in [1.54, 1.807) is 0 Å². The van der Waals surface area contributed by atoms with Gasteiger partial charge in [-0.2, -0.15) is 0 Å². The molecule has 1 fully saturated rings. The predicted molar refractivity (Wildman–Crippen MR) is 131 cm³/mol. The molecule has 35 heavy (non-hydrogen) atoms. The first-order chi connectivity index (χ1) is 16.7. The number of nitrogens with zero attached hydrogens (tertiary/aromatic N) is 1. The zero-order valence-electron chi connectivity index (χ0n) is 19.5. The zero-order chi connectivity index (χ0) is 25.4. The van der Waals surface area contributed by atoms with Gasteiger partial charge in [-0.15, -0.1) is 0 Å². The van der Waals surface area contributed by atoms with Crippen molar-refractivity contribution in [3.63, 3.8) is 0 Å². The molecule has 2 atom stereocenters. The molecule has 0 spiro atoms. The van der Waals surface area contributed by atoms with E-state index in [2.05, 4.69) is 10.6 Å². The lowest BCUT2D eigenvalue weighted by Gasteiger charge is -2.31. The third-order valence-electron chi connectivity index (χ3n) is 5.80. The Kier molecular flexibility index (Phi) is 9.47. The van der Waals surface area contributed by atoms with Gasteiger partial charge in [-0.05, 0) is 56.2 Å². The average Bonchev–Trinajstić information content (AvgIpc) is 2.82. The van der Waals surface area contributed by atoms with E-state index in [0.717, 1.165) is 37.0 Å². The average molecular weight is 506 g/mol. The standard InChI is InChI=1S/C25H29F2N3O4S/c1-17(25(33)29-19-7-3-2-4-8-19)30(22-10-6-5-9-21(22)27)24(32)16-35(34)15-23(31)28-20-13-11-18(26)12-14-20/h5-6,9-14,17,19H,2-4,7-8,15-16H2,1H3,(H,28,31)(H,29,33)/t17-,35-/m1/s1. The van der Waals surface area contributed by atoms with Gasteiger partial charge >= 0.3 is 0 Å². The van der Waals surface area contributed by atoms with Gasteiger partial charge in [0.25, 0.3) is 0 Å². The molecule has 0 unspecified atom stereocenters. The largest absolute Gasteiger partial charge is 0.352 e. The highest BCUT2D eigenvalue weighted by molar-refractivity contribution is 7.86. The van der Waals surface area contributed by atoms with Crippen molar-refractivity contribution in [2.24, 2.45) is 0 Å². The van der Waals surface area contributed by atoms with E-state index < -0.39 is 57.7 Å². The van der Waals surface area contributed by atoms with E-state index in [9.17, 15) is 27.4 Å². The molecule has 1 aliphatic carbocycles. The van der Waals surface area contributed by atoms with Crippen molar-refractivity contribution in [2.75, 3.05) is 21.7 Å².